The van der Waals surface area contributed by atoms with E-state index in [1.165, 1.54) is 11.1 Å². The van der Waals surface area contributed by atoms with Crippen molar-refractivity contribution in [2.75, 3.05) is 39.3 Å². The van der Waals surface area contributed by atoms with Crippen molar-refractivity contribution in [2.45, 2.75) is 26.0 Å². The summed E-state index contributed by atoms with van der Waals surface area (Å²) in [7, 11) is 0. The lowest BCUT2D eigenvalue weighted by atomic mass is 10.1. The van der Waals surface area contributed by atoms with Crippen LogP contribution in [0.4, 0.5) is 0 Å². The van der Waals surface area contributed by atoms with Crippen LogP contribution in [0.15, 0.2) is 40.8 Å². The van der Waals surface area contributed by atoms with E-state index in [2.05, 4.69) is 47.1 Å². The first-order valence-corrected chi connectivity index (χ1v) is 9.01. The monoisotopic (exact) mass is 326 g/mol. The van der Waals surface area contributed by atoms with E-state index in [-0.39, 0.29) is 0 Å². The minimum Gasteiger partial charge on any atom is -0.459 e. The van der Waals surface area contributed by atoms with Gasteiger partial charge in [-0.15, -0.1) is 0 Å². The van der Waals surface area contributed by atoms with Crippen LogP contribution in [0.25, 0.3) is 11.3 Å². The molecule has 4 nitrogen and oxygen atoms in total. The Balaban J connectivity index is 1.36. The lowest BCUT2D eigenvalue weighted by Gasteiger charge is -2.33. The predicted molar refractivity (Wildman–Crippen MR) is 95.0 cm³/mol. The number of benzene rings is 1. The number of hydrogen-bond donors (Lipinski definition) is 0. The Kier molecular flexibility index (Phi) is 4.69. The first kappa shape index (κ1) is 15.9. The second-order valence-corrected chi connectivity index (χ2v) is 6.93. The Morgan fingerprint density at radius 2 is 1.92 bits per heavy atom. The molecule has 4 rings (SSSR count). The second kappa shape index (κ2) is 7.09. The topological polar surface area (TPSA) is 28.9 Å². The molecule has 1 aromatic carbocycles. The second-order valence-electron chi connectivity index (χ2n) is 6.93. The fourth-order valence-electron chi connectivity index (χ4n) is 3.68. The molecule has 24 heavy (non-hydrogen) atoms. The van der Waals surface area contributed by atoms with Crippen LogP contribution in [0.1, 0.15) is 18.2 Å². The zero-order chi connectivity index (χ0) is 16.4. The van der Waals surface area contributed by atoms with Crippen LogP contribution in [0, 0.1) is 0 Å². The predicted octanol–water partition coefficient (Wildman–Crippen LogP) is 3.03. The van der Waals surface area contributed by atoms with Gasteiger partial charge in [0.2, 0.25) is 0 Å². The number of nitrogens with zero attached hydrogens (tertiary/aromatic N) is 2. The van der Waals surface area contributed by atoms with Gasteiger partial charge in [0, 0.05) is 38.3 Å². The zero-order valence-corrected chi connectivity index (χ0v) is 14.4. The van der Waals surface area contributed by atoms with E-state index >= 15 is 0 Å². The average molecular weight is 326 g/mol. The van der Waals surface area contributed by atoms with Gasteiger partial charge in [0.05, 0.1) is 19.3 Å². The van der Waals surface area contributed by atoms with Gasteiger partial charge in [-0.3, -0.25) is 9.80 Å². The smallest absolute Gasteiger partial charge is 0.134 e. The number of fused-ring (bicyclic) bond motifs is 1. The Morgan fingerprint density at radius 1 is 1.08 bits per heavy atom. The standard InChI is InChI=1S/C20H26N2O2/c1-16-14-22(11-12-23-16)10-9-21-8-7-18-13-19(24-20(18)15-21)17-5-3-2-4-6-17/h2-6,13,16H,7-12,14-15H2,1H3. The minimum atomic E-state index is 0.366. The average Bonchev–Trinajstić information content (AvgIpc) is 3.04. The molecule has 0 radical (unpaired) electrons. The number of hydrogen-bond acceptors (Lipinski definition) is 4. The molecule has 0 saturated carbocycles. The van der Waals surface area contributed by atoms with Crippen LogP contribution in [-0.4, -0.2) is 55.2 Å². The molecular weight excluding hydrogens is 300 g/mol. The molecule has 0 aliphatic carbocycles. The van der Waals surface area contributed by atoms with Crippen molar-refractivity contribution in [2.24, 2.45) is 0 Å². The SMILES string of the molecule is CC1CN(CCN2CCc3cc(-c4ccccc4)oc3C2)CCO1. The maximum Gasteiger partial charge on any atom is 0.134 e. The molecule has 0 bridgehead atoms. The molecule has 128 valence electrons. The van der Waals surface area contributed by atoms with E-state index in [4.69, 9.17) is 9.15 Å². The van der Waals surface area contributed by atoms with Gasteiger partial charge < -0.3 is 9.15 Å². The molecule has 1 aromatic heterocycles. The third-order valence-electron chi connectivity index (χ3n) is 5.08. The molecule has 1 unspecified atom stereocenters. The van der Waals surface area contributed by atoms with E-state index in [0.717, 1.165) is 63.8 Å². The molecule has 4 heteroatoms. The Hall–Kier alpha value is -1.62. The first-order chi connectivity index (χ1) is 11.8. The van der Waals surface area contributed by atoms with Crippen LogP contribution in [-0.2, 0) is 17.7 Å². The Bertz CT molecular complexity index is 668. The largest absolute Gasteiger partial charge is 0.459 e. The maximum atomic E-state index is 6.16. The van der Waals surface area contributed by atoms with Gasteiger partial charge in [-0.1, -0.05) is 30.3 Å². The van der Waals surface area contributed by atoms with E-state index in [0.29, 0.717) is 6.10 Å². The zero-order valence-electron chi connectivity index (χ0n) is 14.4. The summed E-state index contributed by atoms with van der Waals surface area (Å²) in [5.41, 5.74) is 2.55. The maximum absolute atomic E-state index is 6.16. The Labute approximate surface area is 144 Å². The molecule has 2 aromatic rings. The summed E-state index contributed by atoms with van der Waals surface area (Å²) in [6.45, 7) is 9.42. The van der Waals surface area contributed by atoms with Gasteiger partial charge in [-0.2, -0.15) is 0 Å². The number of furan rings is 1. The van der Waals surface area contributed by atoms with Crippen molar-refractivity contribution in [3.63, 3.8) is 0 Å². The van der Waals surface area contributed by atoms with Crippen LogP contribution in [0.2, 0.25) is 0 Å². The third kappa shape index (κ3) is 3.56. The van der Waals surface area contributed by atoms with Gasteiger partial charge in [0.1, 0.15) is 11.5 Å². The molecular formula is C20H26N2O2. The van der Waals surface area contributed by atoms with Crippen LogP contribution in [0.3, 0.4) is 0 Å². The van der Waals surface area contributed by atoms with E-state index < -0.39 is 0 Å². The van der Waals surface area contributed by atoms with Crippen LogP contribution in [0.5, 0.6) is 0 Å². The highest BCUT2D eigenvalue weighted by atomic mass is 16.5. The third-order valence-corrected chi connectivity index (χ3v) is 5.08. The number of rotatable bonds is 4. The molecule has 1 saturated heterocycles. The summed E-state index contributed by atoms with van der Waals surface area (Å²) >= 11 is 0. The number of ether oxygens (including phenoxy) is 1. The minimum absolute atomic E-state index is 0.366. The van der Waals surface area contributed by atoms with E-state index in [9.17, 15) is 0 Å². The number of morpholine rings is 1. The molecule has 1 atom stereocenters. The highest BCUT2D eigenvalue weighted by molar-refractivity contribution is 5.58. The fourth-order valence-corrected chi connectivity index (χ4v) is 3.68. The summed E-state index contributed by atoms with van der Waals surface area (Å²) in [5.74, 6) is 2.15. The Morgan fingerprint density at radius 3 is 2.75 bits per heavy atom. The van der Waals surface area contributed by atoms with E-state index in [1.807, 2.05) is 6.07 Å². The van der Waals surface area contributed by atoms with Crippen molar-refractivity contribution in [3.8, 4) is 11.3 Å². The lowest BCUT2D eigenvalue weighted by Crippen LogP contribution is -2.45. The van der Waals surface area contributed by atoms with Gasteiger partial charge in [0.25, 0.3) is 0 Å². The highest BCUT2D eigenvalue weighted by Crippen LogP contribution is 2.29. The summed E-state index contributed by atoms with van der Waals surface area (Å²) in [4.78, 5) is 5.03. The van der Waals surface area contributed by atoms with Gasteiger partial charge in [0.15, 0.2) is 0 Å². The van der Waals surface area contributed by atoms with Crippen LogP contribution < -0.4 is 0 Å². The first-order valence-electron chi connectivity index (χ1n) is 9.01. The molecule has 0 amide bonds. The molecule has 3 heterocycles. The molecule has 0 N–H and O–H groups in total. The van der Waals surface area contributed by atoms with Gasteiger partial charge >= 0.3 is 0 Å². The molecule has 2 aliphatic heterocycles. The van der Waals surface area contributed by atoms with Crippen molar-refractivity contribution < 1.29 is 9.15 Å². The van der Waals surface area contributed by atoms with Crippen molar-refractivity contribution >= 4 is 0 Å². The van der Waals surface area contributed by atoms with Gasteiger partial charge in [-0.05, 0) is 25.0 Å². The summed E-state index contributed by atoms with van der Waals surface area (Å²) < 4.78 is 11.8. The van der Waals surface area contributed by atoms with Gasteiger partial charge in [-0.25, -0.2) is 0 Å². The highest BCUT2D eigenvalue weighted by Gasteiger charge is 2.22. The van der Waals surface area contributed by atoms with Crippen molar-refractivity contribution in [1.29, 1.82) is 0 Å². The quantitative estimate of drug-likeness (QED) is 0.863. The molecule has 1 fully saturated rings. The van der Waals surface area contributed by atoms with Crippen molar-refractivity contribution in [3.05, 3.63) is 47.7 Å². The summed E-state index contributed by atoms with van der Waals surface area (Å²) in [6, 6.07) is 12.6. The summed E-state index contributed by atoms with van der Waals surface area (Å²) in [5, 5.41) is 0. The van der Waals surface area contributed by atoms with Crippen LogP contribution >= 0.6 is 0 Å². The summed E-state index contributed by atoms with van der Waals surface area (Å²) in [6.07, 6.45) is 1.45. The molecule has 0 spiro atoms. The molecule has 2 aliphatic rings. The lowest BCUT2D eigenvalue weighted by molar-refractivity contribution is -0.0211. The fraction of sp³-hybridized carbons (Fsp3) is 0.500. The van der Waals surface area contributed by atoms with E-state index in [1.54, 1.807) is 0 Å². The normalized spacial score (nSPS) is 22.5. The van der Waals surface area contributed by atoms with Crippen molar-refractivity contribution in [1.82, 2.24) is 9.80 Å².